The molecule has 8 heteroatoms. The molecule has 1 aromatic carbocycles. The molecule has 0 unspecified atom stereocenters. The highest BCUT2D eigenvalue weighted by Gasteiger charge is 2.19. The van der Waals surface area contributed by atoms with E-state index in [1.54, 1.807) is 4.57 Å². The highest BCUT2D eigenvalue weighted by molar-refractivity contribution is 7.99. The van der Waals surface area contributed by atoms with Gasteiger partial charge in [-0.2, -0.15) is 0 Å². The molecule has 0 aliphatic heterocycles. The number of rotatable bonds is 9. The second kappa shape index (κ2) is 9.94. The lowest BCUT2D eigenvalue weighted by Gasteiger charge is -2.14. The van der Waals surface area contributed by atoms with Crippen LogP contribution in [0, 0.1) is 0 Å². The summed E-state index contributed by atoms with van der Waals surface area (Å²) in [7, 11) is 0. The molecule has 6 nitrogen and oxygen atoms in total. The quantitative estimate of drug-likeness (QED) is 0.304. The number of thiophene rings is 1. The summed E-state index contributed by atoms with van der Waals surface area (Å²) in [6.45, 7) is 3.74. The topological polar surface area (TPSA) is 73.2 Å². The molecule has 160 valence electrons. The highest BCUT2D eigenvalue weighted by atomic mass is 32.2. The molecule has 2 heterocycles. The van der Waals surface area contributed by atoms with E-state index in [4.69, 9.17) is 9.72 Å². The molecule has 1 N–H and O–H groups in total. The van der Waals surface area contributed by atoms with E-state index in [1.807, 2.05) is 31.2 Å². The maximum absolute atomic E-state index is 13.3. The van der Waals surface area contributed by atoms with Crippen molar-refractivity contribution in [2.75, 3.05) is 19.0 Å². The molecular weight excluding hydrogens is 418 g/mol. The average Bonchev–Trinajstić information content (AvgIpc) is 3.39. The lowest BCUT2D eigenvalue weighted by atomic mass is 10.2. The first-order valence-electron chi connectivity index (χ1n) is 10.6. The van der Waals surface area contributed by atoms with Crippen molar-refractivity contribution in [2.24, 2.45) is 0 Å². The Morgan fingerprint density at radius 1 is 1.33 bits per heavy atom. The molecule has 30 heavy (non-hydrogen) atoms. The Labute approximate surface area is 184 Å². The number of aromatic nitrogens is 2. The second-order valence-corrected chi connectivity index (χ2v) is 9.51. The van der Waals surface area contributed by atoms with Crippen LogP contribution in [0.2, 0.25) is 0 Å². The fourth-order valence-electron chi connectivity index (χ4n) is 3.90. The molecule has 0 saturated heterocycles. The molecule has 2 aromatic heterocycles. The lowest BCUT2D eigenvalue weighted by molar-refractivity contribution is -0.119. The normalized spacial score (nSPS) is 14.7. The molecule has 1 amide bonds. The summed E-state index contributed by atoms with van der Waals surface area (Å²) in [6.07, 6.45) is 5.21. The number of hydrogen-bond acceptors (Lipinski definition) is 6. The summed E-state index contributed by atoms with van der Waals surface area (Å²) < 4.78 is 8.88. The number of nitrogens with one attached hydrogen (secondary N) is 1. The van der Waals surface area contributed by atoms with Gasteiger partial charge in [0.15, 0.2) is 5.16 Å². The molecule has 1 fully saturated rings. The number of nitrogens with zero attached hydrogens (tertiary/aromatic N) is 2. The van der Waals surface area contributed by atoms with Crippen LogP contribution in [0.3, 0.4) is 0 Å². The third kappa shape index (κ3) is 4.71. The summed E-state index contributed by atoms with van der Waals surface area (Å²) in [5.74, 6) is 0.277. The Morgan fingerprint density at radius 3 is 2.93 bits per heavy atom. The van der Waals surface area contributed by atoms with Crippen LogP contribution in [0.5, 0.6) is 0 Å². The van der Waals surface area contributed by atoms with Gasteiger partial charge in [-0.05, 0) is 32.3 Å². The number of fused-ring (bicyclic) bond motifs is 3. The number of hydrogen-bond donors (Lipinski definition) is 1. The average molecular weight is 446 g/mol. The van der Waals surface area contributed by atoms with Crippen LogP contribution < -0.4 is 10.9 Å². The number of carbonyl (C=O) groups excluding carboxylic acids is 1. The Kier molecular flexibility index (Phi) is 7.07. The third-order valence-electron chi connectivity index (χ3n) is 5.37. The van der Waals surface area contributed by atoms with E-state index in [-0.39, 0.29) is 17.2 Å². The maximum atomic E-state index is 13.3. The maximum Gasteiger partial charge on any atom is 0.272 e. The summed E-state index contributed by atoms with van der Waals surface area (Å²) in [4.78, 5) is 30.6. The van der Waals surface area contributed by atoms with E-state index in [2.05, 4.69) is 5.32 Å². The van der Waals surface area contributed by atoms with Crippen molar-refractivity contribution in [1.82, 2.24) is 14.9 Å². The third-order valence-corrected chi connectivity index (χ3v) is 7.50. The molecule has 0 bridgehead atoms. The van der Waals surface area contributed by atoms with Gasteiger partial charge in [0.25, 0.3) is 5.56 Å². The van der Waals surface area contributed by atoms with Gasteiger partial charge in [-0.3, -0.25) is 14.2 Å². The summed E-state index contributed by atoms with van der Waals surface area (Å²) in [5, 5.41) is 4.71. The fraction of sp³-hybridized carbons (Fsp3) is 0.500. The second-order valence-electron chi connectivity index (χ2n) is 7.52. The van der Waals surface area contributed by atoms with Crippen LogP contribution >= 0.6 is 23.1 Å². The molecule has 3 aromatic rings. The summed E-state index contributed by atoms with van der Waals surface area (Å²) in [6, 6.07) is 8.25. The zero-order valence-corrected chi connectivity index (χ0v) is 18.8. The van der Waals surface area contributed by atoms with Crippen molar-refractivity contribution >= 4 is 49.3 Å². The van der Waals surface area contributed by atoms with Gasteiger partial charge in [-0.1, -0.05) is 42.8 Å². The number of benzene rings is 1. The molecule has 1 aliphatic carbocycles. The number of carbonyl (C=O) groups is 1. The van der Waals surface area contributed by atoms with Gasteiger partial charge in [0, 0.05) is 35.9 Å². The van der Waals surface area contributed by atoms with E-state index >= 15 is 0 Å². The van der Waals surface area contributed by atoms with Crippen LogP contribution in [-0.4, -0.2) is 40.5 Å². The number of thioether (sulfide) groups is 1. The van der Waals surface area contributed by atoms with Crippen molar-refractivity contribution < 1.29 is 9.53 Å². The Hall–Kier alpha value is -1.90. The first-order valence-corrected chi connectivity index (χ1v) is 12.4. The highest BCUT2D eigenvalue weighted by Crippen LogP contribution is 2.31. The minimum atomic E-state index is -0.0311. The van der Waals surface area contributed by atoms with Crippen molar-refractivity contribution in [1.29, 1.82) is 0 Å². The van der Waals surface area contributed by atoms with Gasteiger partial charge in [0.2, 0.25) is 5.91 Å². The zero-order valence-electron chi connectivity index (χ0n) is 17.2. The van der Waals surface area contributed by atoms with Gasteiger partial charge in [0.1, 0.15) is 4.70 Å². The van der Waals surface area contributed by atoms with Crippen LogP contribution in [0.1, 0.15) is 39.0 Å². The van der Waals surface area contributed by atoms with Crippen molar-refractivity contribution in [3.05, 3.63) is 34.6 Å². The predicted octanol–water partition coefficient (Wildman–Crippen LogP) is 4.19. The van der Waals surface area contributed by atoms with Crippen LogP contribution in [0.15, 0.2) is 34.2 Å². The standard InChI is InChI=1S/C22H27N3O3S2/c1-2-28-13-7-12-25-21(27)20-19(16-10-5-6-11-17(16)30-20)24-22(25)29-14-18(26)23-15-8-3-4-9-15/h5-6,10-11,15H,2-4,7-9,12-14H2,1H3,(H,23,26). The molecule has 1 saturated carbocycles. The van der Waals surface area contributed by atoms with E-state index < -0.39 is 0 Å². The summed E-state index contributed by atoms with van der Waals surface area (Å²) in [5.41, 5.74) is 0.705. The number of ether oxygens (including phenoxy) is 1. The van der Waals surface area contributed by atoms with Gasteiger partial charge >= 0.3 is 0 Å². The Balaban J connectivity index is 1.61. The SMILES string of the molecule is CCOCCCn1c(SCC(=O)NC2CCCC2)nc2c(sc3ccccc32)c1=O. The first-order chi connectivity index (χ1) is 14.7. The van der Waals surface area contributed by atoms with Crippen LogP contribution in [-0.2, 0) is 16.1 Å². The van der Waals surface area contributed by atoms with Crippen molar-refractivity contribution in [3.8, 4) is 0 Å². The van der Waals surface area contributed by atoms with E-state index in [9.17, 15) is 9.59 Å². The van der Waals surface area contributed by atoms with Crippen molar-refractivity contribution in [3.63, 3.8) is 0 Å². The summed E-state index contributed by atoms with van der Waals surface area (Å²) >= 11 is 2.83. The Bertz CT molecular complexity index is 1090. The van der Waals surface area contributed by atoms with Crippen molar-refractivity contribution in [2.45, 2.75) is 56.8 Å². The van der Waals surface area contributed by atoms with E-state index in [0.717, 1.165) is 34.9 Å². The molecule has 0 spiro atoms. The van der Waals surface area contributed by atoms with Gasteiger partial charge < -0.3 is 10.1 Å². The molecule has 0 radical (unpaired) electrons. The van der Waals surface area contributed by atoms with Gasteiger partial charge in [-0.15, -0.1) is 11.3 Å². The van der Waals surface area contributed by atoms with Gasteiger partial charge in [-0.25, -0.2) is 4.98 Å². The molecule has 0 atom stereocenters. The monoisotopic (exact) mass is 445 g/mol. The molecule has 1 aliphatic rings. The minimum Gasteiger partial charge on any atom is -0.382 e. The van der Waals surface area contributed by atoms with Crippen LogP contribution in [0.4, 0.5) is 0 Å². The van der Waals surface area contributed by atoms with Gasteiger partial charge in [0.05, 0.1) is 11.3 Å². The largest absolute Gasteiger partial charge is 0.382 e. The minimum absolute atomic E-state index is 0.0114. The molecule has 4 rings (SSSR count). The lowest BCUT2D eigenvalue weighted by Crippen LogP contribution is -2.34. The van der Waals surface area contributed by atoms with E-state index in [1.165, 1.54) is 35.9 Å². The molecular formula is C22H27N3O3S2. The fourth-order valence-corrected chi connectivity index (χ4v) is 5.82. The van der Waals surface area contributed by atoms with E-state index in [0.29, 0.717) is 35.7 Å². The first kappa shape index (κ1) is 21.3. The number of amides is 1. The Morgan fingerprint density at radius 2 is 2.13 bits per heavy atom. The predicted molar refractivity (Wildman–Crippen MR) is 124 cm³/mol. The zero-order chi connectivity index (χ0) is 20.9. The van der Waals surface area contributed by atoms with Crippen LogP contribution in [0.25, 0.3) is 20.3 Å². The smallest absolute Gasteiger partial charge is 0.272 e.